The highest BCUT2D eigenvalue weighted by Crippen LogP contribution is 2.31. The van der Waals surface area contributed by atoms with Gasteiger partial charge in [0.15, 0.2) is 0 Å². The largest absolute Gasteiger partial charge is 0.454 e. The second kappa shape index (κ2) is 9.74. The molecule has 6 nitrogen and oxygen atoms in total. The summed E-state index contributed by atoms with van der Waals surface area (Å²) in [6.45, 7) is 4.02. The molecule has 1 unspecified atom stereocenters. The second-order valence-electron chi connectivity index (χ2n) is 9.02. The fourth-order valence-electron chi connectivity index (χ4n) is 4.74. The summed E-state index contributed by atoms with van der Waals surface area (Å²) in [5.41, 5.74) is 4.71. The number of piperazine rings is 1. The number of amides is 2. The van der Waals surface area contributed by atoms with E-state index in [4.69, 9.17) is 4.74 Å². The van der Waals surface area contributed by atoms with Crippen LogP contribution < -0.4 is 0 Å². The molecule has 0 N–H and O–H groups in total. The maximum atomic E-state index is 13.2. The second-order valence-corrected chi connectivity index (χ2v) is 9.02. The van der Waals surface area contributed by atoms with Gasteiger partial charge in [-0.2, -0.15) is 0 Å². The van der Waals surface area contributed by atoms with Crippen LogP contribution in [0.15, 0.2) is 72.8 Å². The van der Waals surface area contributed by atoms with Crippen LogP contribution in [0.25, 0.3) is 0 Å². The summed E-state index contributed by atoms with van der Waals surface area (Å²) in [6.07, 6.45) is 1.11. The highest BCUT2D eigenvalue weighted by Gasteiger charge is 2.30. The van der Waals surface area contributed by atoms with E-state index in [1.54, 1.807) is 21.9 Å². The van der Waals surface area contributed by atoms with Crippen molar-refractivity contribution < 1.29 is 19.1 Å². The number of nitrogens with zero attached hydrogens (tertiary/aromatic N) is 2. The zero-order valence-corrected chi connectivity index (χ0v) is 19.8. The predicted molar refractivity (Wildman–Crippen MR) is 132 cm³/mol. The SMILES string of the molecule is CCc1ccc(C(=O)N2CCN(C(=O)c3ccc4c(c3)CC(c3ccccc3)OC4=O)CC2)cc1. The molecular formula is C29H28N2O4. The molecule has 0 radical (unpaired) electrons. The fourth-order valence-corrected chi connectivity index (χ4v) is 4.74. The van der Waals surface area contributed by atoms with Crippen LogP contribution in [-0.2, 0) is 17.6 Å². The lowest BCUT2D eigenvalue weighted by Crippen LogP contribution is -2.50. The molecule has 0 saturated carbocycles. The summed E-state index contributed by atoms with van der Waals surface area (Å²) in [4.78, 5) is 42.2. The Balaban J connectivity index is 1.25. The van der Waals surface area contributed by atoms with Gasteiger partial charge in [0, 0.05) is 43.7 Å². The summed E-state index contributed by atoms with van der Waals surface area (Å²) < 4.78 is 5.63. The molecule has 0 aromatic heterocycles. The molecule has 2 aliphatic rings. The van der Waals surface area contributed by atoms with Gasteiger partial charge in [0.25, 0.3) is 11.8 Å². The minimum absolute atomic E-state index is 0.000927. The molecule has 2 aliphatic heterocycles. The van der Waals surface area contributed by atoms with Crippen LogP contribution >= 0.6 is 0 Å². The van der Waals surface area contributed by atoms with Crippen LogP contribution in [0.2, 0.25) is 0 Å². The number of rotatable bonds is 4. The fraction of sp³-hybridized carbons (Fsp3) is 0.276. The van der Waals surface area contributed by atoms with Gasteiger partial charge in [-0.25, -0.2) is 4.79 Å². The third-order valence-electron chi connectivity index (χ3n) is 6.86. The van der Waals surface area contributed by atoms with E-state index in [1.807, 2.05) is 60.7 Å². The molecule has 2 heterocycles. The van der Waals surface area contributed by atoms with Crippen molar-refractivity contribution in [1.82, 2.24) is 9.80 Å². The molecule has 2 amide bonds. The first-order valence-corrected chi connectivity index (χ1v) is 12.1. The minimum atomic E-state index is -0.363. The molecular weight excluding hydrogens is 440 g/mol. The van der Waals surface area contributed by atoms with Gasteiger partial charge in [-0.05, 0) is 53.4 Å². The Bertz CT molecular complexity index is 1250. The number of carbonyl (C=O) groups excluding carboxylic acids is 3. The van der Waals surface area contributed by atoms with Crippen LogP contribution in [0.5, 0.6) is 0 Å². The Labute approximate surface area is 205 Å². The van der Waals surface area contributed by atoms with Gasteiger partial charge in [-0.3, -0.25) is 9.59 Å². The van der Waals surface area contributed by atoms with Gasteiger partial charge >= 0.3 is 5.97 Å². The van der Waals surface area contributed by atoms with Crippen molar-refractivity contribution in [3.8, 4) is 0 Å². The molecule has 0 bridgehead atoms. The third kappa shape index (κ3) is 4.69. The van der Waals surface area contributed by atoms with Crippen LogP contribution in [-0.4, -0.2) is 53.8 Å². The smallest absolute Gasteiger partial charge is 0.339 e. The molecule has 0 spiro atoms. The first-order valence-electron chi connectivity index (χ1n) is 12.1. The average molecular weight is 469 g/mol. The normalized spacial score (nSPS) is 17.5. The van der Waals surface area contributed by atoms with Gasteiger partial charge in [0.2, 0.25) is 0 Å². The maximum Gasteiger partial charge on any atom is 0.339 e. The van der Waals surface area contributed by atoms with Crippen molar-refractivity contribution >= 4 is 17.8 Å². The molecule has 1 atom stereocenters. The van der Waals surface area contributed by atoms with Crippen LogP contribution in [0.3, 0.4) is 0 Å². The van der Waals surface area contributed by atoms with E-state index in [0.29, 0.717) is 49.3 Å². The Morgan fingerprint density at radius 2 is 1.43 bits per heavy atom. The monoisotopic (exact) mass is 468 g/mol. The van der Waals surface area contributed by atoms with Crippen molar-refractivity contribution in [2.45, 2.75) is 25.9 Å². The van der Waals surface area contributed by atoms with Crippen molar-refractivity contribution in [2.75, 3.05) is 26.2 Å². The molecule has 0 aliphatic carbocycles. The Kier molecular flexibility index (Phi) is 6.36. The molecule has 1 saturated heterocycles. The Morgan fingerprint density at radius 1 is 0.829 bits per heavy atom. The number of cyclic esters (lactones) is 1. The van der Waals surface area contributed by atoms with Gasteiger partial charge < -0.3 is 14.5 Å². The molecule has 1 fully saturated rings. The number of aryl methyl sites for hydroxylation is 1. The van der Waals surface area contributed by atoms with E-state index >= 15 is 0 Å². The van der Waals surface area contributed by atoms with Crippen molar-refractivity contribution in [3.05, 3.63) is 106 Å². The number of esters is 1. The summed E-state index contributed by atoms with van der Waals surface area (Å²) in [5, 5.41) is 0. The number of benzene rings is 3. The first-order chi connectivity index (χ1) is 17.0. The summed E-state index contributed by atoms with van der Waals surface area (Å²) in [6, 6.07) is 22.6. The molecule has 35 heavy (non-hydrogen) atoms. The van der Waals surface area contributed by atoms with Gasteiger partial charge in [0.05, 0.1) is 5.56 Å². The van der Waals surface area contributed by atoms with Gasteiger partial charge in [0.1, 0.15) is 6.10 Å². The number of ether oxygens (including phenoxy) is 1. The topological polar surface area (TPSA) is 66.9 Å². The maximum absolute atomic E-state index is 13.2. The van der Waals surface area contributed by atoms with Crippen molar-refractivity contribution in [2.24, 2.45) is 0 Å². The highest BCUT2D eigenvalue weighted by atomic mass is 16.5. The number of carbonyl (C=O) groups is 3. The van der Waals surface area contributed by atoms with Crippen molar-refractivity contribution in [3.63, 3.8) is 0 Å². The first kappa shape index (κ1) is 22.8. The number of hydrogen-bond acceptors (Lipinski definition) is 4. The van der Waals surface area contributed by atoms with Gasteiger partial charge in [-0.1, -0.05) is 49.4 Å². The molecule has 5 rings (SSSR count). The Morgan fingerprint density at radius 3 is 2.06 bits per heavy atom. The van der Waals surface area contributed by atoms with E-state index in [9.17, 15) is 14.4 Å². The van der Waals surface area contributed by atoms with Crippen LogP contribution in [0.1, 0.15) is 60.8 Å². The zero-order valence-electron chi connectivity index (χ0n) is 19.8. The zero-order chi connectivity index (χ0) is 24.4. The summed E-state index contributed by atoms with van der Waals surface area (Å²) in [5.74, 6) is -0.445. The number of hydrogen-bond donors (Lipinski definition) is 0. The van der Waals surface area contributed by atoms with E-state index in [1.165, 1.54) is 5.56 Å². The highest BCUT2D eigenvalue weighted by molar-refractivity contribution is 5.98. The Hall–Kier alpha value is -3.93. The van der Waals surface area contributed by atoms with Gasteiger partial charge in [-0.15, -0.1) is 0 Å². The lowest BCUT2D eigenvalue weighted by molar-refractivity contribution is 0.0252. The van der Waals surface area contributed by atoms with E-state index in [-0.39, 0.29) is 23.9 Å². The van der Waals surface area contributed by atoms with Crippen LogP contribution in [0.4, 0.5) is 0 Å². The third-order valence-corrected chi connectivity index (χ3v) is 6.86. The quantitative estimate of drug-likeness (QED) is 0.536. The van der Waals surface area contributed by atoms with E-state index in [0.717, 1.165) is 17.5 Å². The molecule has 3 aromatic rings. The molecule has 3 aromatic carbocycles. The van der Waals surface area contributed by atoms with E-state index in [2.05, 4.69) is 6.92 Å². The van der Waals surface area contributed by atoms with E-state index < -0.39 is 0 Å². The lowest BCUT2D eigenvalue weighted by atomic mass is 9.93. The minimum Gasteiger partial charge on any atom is -0.454 e. The molecule has 178 valence electrons. The standard InChI is InChI=1S/C29H28N2O4/c1-2-20-8-10-22(11-9-20)27(32)30-14-16-31(17-15-30)28(33)23-12-13-25-24(18-23)19-26(35-29(25)34)21-6-4-3-5-7-21/h3-13,18,26H,2,14-17,19H2,1H3. The average Bonchev–Trinajstić information content (AvgIpc) is 2.92. The summed E-state index contributed by atoms with van der Waals surface area (Å²) in [7, 11) is 0. The van der Waals surface area contributed by atoms with Crippen molar-refractivity contribution in [1.29, 1.82) is 0 Å². The number of fused-ring (bicyclic) bond motifs is 1. The summed E-state index contributed by atoms with van der Waals surface area (Å²) >= 11 is 0. The predicted octanol–water partition coefficient (Wildman–Crippen LogP) is 4.30. The lowest BCUT2D eigenvalue weighted by Gasteiger charge is -2.35. The molecule has 6 heteroatoms. The van der Waals surface area contributed by atoms with Crippen LogP contribution in [0, 0.1) is 0 Å².